The van der Waals surface area contributed by atoms with E-state index in [-0.39, 0.29) is 0 Å². The standard InChI is InChI=1S/C8H9IOS/c1-5-7(11)4-3-6(9)8(5)10-2/h3-4,11H,1-2H3. The molecule has 1 rings (SSSR count). The molecular formula is C8H9IOS. The zero-order valence-electron chi connectivity index (χ0n) is 6.39. The summed E-state index contributed by atoms with van der Waals surface area (Å²) in [7, 11) is 1.68. The highest BCUT2D eigenvalue weighted by Gasteiger charge is 2.05. The molecule has 0 spiro atoms. The minimum absolute atomic E-state index is 0.929. The van der Waals surface area contributed by atoms with Crippen molar-refractivity contribution in [3.63, 3.8) is 0 Å². The quantitative estimate of drug-likeness (QED) is 0.614. The smallest absolute Gasteiger partial charge is 0.136 e. The number of hydrogen-bond acceptors (Lipinski definition) is 2. The highest BCUT2D eigenvalue weighted by atomic mass is 127. The molecule has 0 unspecified atom stereocenters. The lowest BCUT2D eigenvalue weighted by Gasteiger charge is -2.08. The summed E-state index contributed by atoms with van der Waals surface area (Å²) in [6, 6.07) is 3.97. The van der Waals surface area contributed by atoms with Crippen molar-refractivity contribution in [3.05, 3.63) is 21.3 Å². The van der Waals surface area contributed by atoms with Gasteiger partial charge in [0.1, 0.15) is 5.75 Å². The fraction of sp³-hybridized carbons (Fsp3) is 0.250. The van der Waals surface area contributed by atoms with Crippen LogP contribution in [0.25, 0.3) is 0 Å². The first-order valence-corrected chi connectivity index (χ1v) is 4.71. The number of ether oxygens (including phenoxy) is 1. The van der Waals surface area contributed by atoms with Crippen LogP contribution in [0.4, 0.5) is 0 Å². The third kappa shape index (κ3) is 1.82. The van der Waals surface area contributed by atoms with Gasteiger partial charge in [-0.25, -0.2) is 0 Å². The van der Waals surface area contributed by atoms with Gasteiger partial charge in [-0.2, -0.15) is 0 Å². The molecule has 0 aliphatic rings. The average Bonchev–Trinajstić information content (AvgIpc) is 1.99. The molecule has 1 nitrogen and oxygen atoms in total. The van der Waals surface area contributed by atoms with Crippen molar-refractivity contribution in [1.82, 2.24) is 0 Å². The molecule has 60 valence electrons. The highest BCUT2D eigenvalue weighted by molar-refractivity contribution is 14.1. The fourth-order valence-corrected chi connectivity index (χ4v) is 1.88. The van der Waals surface area contributed by atoms with E-state index in [4.69, 9.17) is 4.74 Å². The van der Waals surface area contributed by atoms with Gasteiger partial charge >= 0.3 is 0 Å². The summed E-state index contributed by atoms with van der Waals surface area (Å²) in [5, 5.41) is 0. The van der Waals surface area contributed by atoms with Gasteiger partial charge in [0.15, 0.2) is 0 Å². The molecule has 3 heteroatoms. The van der Waals surface area contributed by atoms with Crippen LogP contribution in [0, 0.1) is 10.5 Å². The lowest BCUT2D eigenvalue weighted by atomic mass is 10.2. The van der Waals surface area contributed by atoms with Crippen LogP contribution in [0.2, 0.25) is 0 Å². The Morgan fingerprint density at radius 3 is 2.55 bits per heavy atom. The summed E-state index contributed by atoms with van der Waals surface area (Å²) in [5.74, 6) is 0.929. The highest BCUT2D eigenvalue weighted by Crippen LogP contribution is 2.29. The molecule has 1 aromatic rings. The van der Waals surface area contributed by atoms with E-state index in [0.717, 1.165) is 19.8 Å². The number of halogens is 1. The van der Waals surface area contributed by atoms with Crippen molar-refractivity contribution in [1.29, 1.82) is 0 Å². The predicted molar refractivity (Wildman–Crippen MR) is 57.7 cm³/mol. The molecule has 0 fully saturated rings. The van der Waals surface area contributed by atoms with E-state index >= 15 is 0 Å². The maximum atomic E-state index is 5.20. The van der Waals surface area contributed by atoms with Gasteiger partial charge in [-0.15, -0.1) is 12.6 Å². The molecule has 0 radical (unpaired) electrons. The second-order valence-corrected chi connectivity index (χ2v) is 3.87. The van der Waals surface area contributed by atoms with E-state index in [1.54, 1.807) is 7.11 Å². The third-order valence-corrected chi connectivity index (χ3v) is 2.87. The van der Waals surface area contributed by atoms with Crippen LogP contribution in [-0.2, 0) is 0 Å². The van der Waals surface area contributed by atoms with Gasteiger partial charge in [0, 0.05) is 10.5 Å². The van der Waals surface area contributed by atoms with E-state index in [9.17, 15) is 0 Å². The lowest BCUT2D eigenvalue weighted by Crippen LogP contribution is -1.91. The van der Waals surface area contributed by atoms with E-state index < -0.39 is 0 Å². The van der Waals surface area contributed by atoms with Gasteiger partial charge in [-0.3, -0.25) is 0 Å². The van der Waals surface area contributed by atoms with E-state index in [2.05, 4.69) is 35.2 Å². The minimum Gasteiger partial charge on any atom is -0.495 e. The van der Waals surface area contributed by atoms with Crippen LogP contribution in [0.1, 0.15) is 5.56 Å². The Labute approximate surface area is 85.7 Å². The van der Waals surface area contributed by atoms with Crippen molar-refractivity contribution in [2.75, 3.05) is 7.11 Å². The van der Waals surface area contributed by atoms with Crippen LogP contribution >= 0.6 is 35.2 Å². The molecule has 0 saturated carbocycles. The Hall–Kier alpha value is 0.1000. The predicted octanol–water partition coefficient (Wildman–Crippen LogP) is 2.90. The molecule has 0 aliphatic heterocycles. The lowest BCUT2D eigenvalue weighted by molar-refractivity contribution is 0.407. The molecule has 0 aromatic heterocycles. The second kappa shape index (κ2) is 3.67. The van der Waals surface area contributed by atoms with Crippen molar-refractivity contribution in [3.8, 4) is 5.75 Å². The summed E-state index contributed by atoms with van der Waals surface area (Å²) in [5.41, 5.74) is 1.10. The van der Waals surface area contributed by atoms with Crippen molar-refractivity contribution in [2.24, 2.45) is 0 Å². The first-order chi connectivity index (χ1) is 5.16. The summed E-state index contributed by atoms with van der Waals surface area (Å²) in [4.78, 5) is 0.974. The summed E-state index contributed by atoms with van der Waals surface area (Å²) >= 11 is 6.53. The van der Waals surface area contributed by atoms with E-state index in [1.807, 2.05) is 19.1 Å². The summed E-state index contributed by atoms with van der Waals surface area (Å²) < 4.78 is 6.33. The van der Waals surface area contributed by atoms with Gasteiger partial charge in [0.2, 0.25) is 0 Å². The maximum Gasteiger partial charge on any atom is 0.136 e. The molecule has 0 N–H and O–H groups in total. The Balaban J connectivity index is 3.29. The second-order valence-electron chi connectivity index (χ2n) is 2.22. The van der Waals surface area contributed by atoms with Crippen LogP contribution in [0.3, 0.4) is 0 Å². The largest absolute Gasteiger partial charge is 0.495 e. The van der Waals surface area contributed by atoms with Crippen LogP contribution in [-0.4, -0.2) is 7.11 Å². The zero-order valence-corrected chi connectivity index (χ0v) is 9.44. The molecular weight excluding hydrogens is 271 g/mol. The Kier molecular flexibility index (Phi) is 3.06. The van der Waals surface area contributed by atoms with Crippen molar-refractivity contribution < 1.29 is 4.74 Å². The van der Waals surface area contributed by atoms with Gasteiger partial charge in [0.05, 0.1) is 10.7 Å². The molecule has 0 amide bonds. The van der Waals surface area contributed by atoms with Gasteiger partial charge < -0.3 is 4.74 Å². The van der Waals surface area contributed by atoms with E-state index in [1.165, 1.54) is 0 Å². The van der Waals surface area contributed by atoms with Crippen molar-refractivity contribution >= 4 is 35.2 Å². The Morgan fingerprint density at radius 1 is 1.45 bits per heavy atom. The zero-order chi connectivity index (χ0) is 8.43. The molecule has 0 saturated heterocycles. The normalized spacial score (nSPS) is 9.82. The summed E-state index contributed by atoms with van der Waals surface area (Å²) in [6.45, 7) is 2.00. The molecule has 0 heterocycles. The third-order valence-electron chi connectivity index (χ3n) is 1.53. The van der Waals surface area contributed by atoms with Gasteiger partial charge in [-0.1, -0.05) is 0 Å². The molecule has 1 aromatic carbocycles. The Morgan fingerprint density at radius 2 is 2.09 bits per heavy atom. The van der Waals surface area contributed by atoms with Gasteiger partial charge in [0.25, 0.3) is 0 Å². The summed E-state index contributed by atoms with van der Waals surface area (Å²) in [6.07, 6.45) is 0. The van der Waals surface area contributed by atoms with Crippen LogP contribution in [0.15, 0.2) is 17.0 Å². The number of rotatable bonds is 1. The van der Waals surface area contributed by atoms with Gasteiger partial charge in [-0.05, 0) is 41.6 Å². The SMILES string of the molecule is COc1c(I)ccc(S)c1C. The Bertz CT molecular complexity index is 273. The first kappa shape index (κ1) is 9.19. The average molecular weight is 280 g/mol. The minimum atomic E-state index is 0.929. The number of methoxy groups -OCH3 is 1. The molecule has 0 bridgehead atoms. The maximum absolute atomic E-state index is 5.20. The van der Waals surface area contributed by atoms with Crippen LogP contribution < -0.4 is 4.74 Å². The molecule has 0 aliphatic carbocycles. The number of benzene rings is 1. The fourth-order valence-electron chi connectivity index (χ4n) is 0.899. The van der Waals surface area contributed by atoms with Crippen LogP contribution in [0.5, 0.6) is 5.75 Å². The first-order valence-electron chi connectivity index (χ1n) is 3.19. The molecule has 0 atom stereocenters. The van der Waals surface area contributed by atoms with Crippen molar-refractivity contribution in [2.45, 2.75) is 11.8 Å². The monoisotopic (exact) mass is 280 g/mol. The van der Waals surface area contributed by atoms with E-state index in [0.29, 0.717) is 0 Å². The molecule has 11 heavy (non-hydrogen) atoms. The number of hydrogen-bond donors (Lipinski definition) is 1. The topological polar surface area (TPSA) is 9.23 Å². The number of thiol groups is 1.